The van der Waals surface area contributed by atoms with Crippen molar-refractivity contribution in [3.8, 4) is 0 Å². The fraction of sp³-hybridized carbons (Fsp3) is 0.968. The fourth-order valence-electron chi connectivity index (χ4n) is 29.2. The van der Waals surface area contributed by atoms with Crippen molar-refractivity contribution < 1.29 is 14.4 Å². The summed E-state index contributed by atoms with van der Waals surface area (Å²) >= 11 is 43.6. The second kappa shape index (κ2) is 33.8. The molecule has 0 heterocycles. The molecule has 0 bridgehead atoms. The van der Waals surface area contributed by atoms with Gasteiger partial charge < -0.3 is 0 Å². The van der Waals surface area contributed by atoms with Crippen LogP contribution in [0.1, 0.15) is 408 Å². The fourth-order valence-corrected chi connectivity index (χ4v) is 32.5. The van der Waals surface area contributed by atoms with E-state index in [0.29, 0.717) is 17.3 Å². The van der Waals surface area contributed by atoms with Gasteiger partial charge in [-0.05, 0) is 338 Å². The van der Waals surface area contributed by atoms with Crippen LogP contribution in [0, 0.1) is 139 Å². The number of alkyl halides is 6. The van der Waals surface area contributed by atoms with Gasteiger partial charge in [-0.15, -0.1) is 0 Å². The number of unbranched alkanes of at least 4 members (excludes halogenated alkanes) is 2. The largest absolute Gasteiger partial charge is 0.298 e. The van der Waals surface area contributed by atoms with E-state index in [1.807, 2.05) is 0 Å². The van der Waals surface area contributed by atoms with E-state index in [0.717, 1.165) is 184 Å². The molecule has 0 N–H and O–H groups in total. The molecule has 6 spiro atoms. The third-order valence-corrected chi connectivity index (χ3v) is 41.0. The Balaban J connectivity index is 0.000000137. The van der Waals surface area contributed by atoms with Crippen LogP contribution in [0.4, 0.5) is 0 Å². The van der Waals surface area contributed by atoms with Crippen molar-refractivity contribution in [1.29, 1.82) is 0 Å². The van der Waals surface area contributed by atoms with Crippen molar-refractivity contribution in [1.82, 2.24) is 0 Å². The van der Waals surface area contributed by atoms with E-state index >= 15 is 0 Å². The monoisotopic (exact) mass is 1520 g/mol. The molecule has 9 heteroatoms. The third-order valence-electron chi connectivity index (χ3n) is 36.7. The Bertz CT molecular complexity index is 2670. The molecule has 15 saturated carbocycles. The maximum Gasteiger partial charge on any atom is 0.151 e. The molecule has 15 fully saturated rings. The van der Waals surface area contributed by atoms with Crippen LogP contribution < -0.4 is 0 Å². The number of halogens is 6. The van der Waals surface area contributed by atoms with E-state index in [2.05, 4.69) is 41.5 Å². The Labute approximate surface area is 656 Å². The Kier molecular flexibility index (Phi) is 26.8. The van der Waals surface area contributed by atoms with Gasteiger partial charge in [0.2, 0.25) is 0 Å². The summed E-state index contributed by atoms with van der Waals surface area (Å²) < 4.78 is -2.48. The first-order valence-electron chi connectivity index (χ1n) is 45.8. The summed E-state index contributed by atoms with van der Waals surface area (Å²) in [4.78, 5) is 41.8. The quantitative estimate of drug-likeness (QED) is 0.121. The summed E-state index contributed by atoms with van der Waals surface area (Å²) in [6, 6.07) is 0. The van der Waals surface area contributed by atoms with Crippen LogP contribution in [-0.2, 0) is 14.4 Å². The number of Topliss-reactive ketones (excluding diaryl/α,β-unsaturated/α-hetero) is 3. The normalized spacial score (nSPS) is 47.0. The molecule has 0 aliphatic heterocycles. The van der Waals surface area contributed by atoms with Gasteiger partial charge in [0.1, 0.15) is 13.0 Å². The predicted molar refractivity (Wildman–Crippen MR) is 433 cm³/mol. The molecular formula is C93H150Cl6O3. The van der Waals surface area contributed by atoms with Crippen LogP contribution >= 0.6 is 69.6 Å². The maximum atomic E-state index is 14.0. The van der Waals surface area contributed by atoms with Crippen molar-refractivity contribution in [3.05, 3.63) is 0 Å². The molecule has 0 saturated heterocycles. The first-order valence-corrected chi connectivity index (χ1v) is 48.1. The highest BCUT2D eigenvalue weighted by molar-refractivity contribution is 6.56. The number of carbonyl (C=O) groups is 3. The first kappa shape index (κ1) is 80.8. The molecule has 15 aliphatic carbocycles. The van der Waals surface area contributed by atoms with E-state index in [1.54, 1.807) is 0 Å². The zero-order valence-corrected chi connectivity index (χ0v) is 70.7. The lowest BCUT2D eigenvalue weighted by Gasteiger charge is -2.67. The Morgan fingerprint density at radius 2 is 0.422 bits per heavy atom. The topological polar surface area (TPSA) is 51.2 Å². The highest BCUT2D eigenvalue weighted by atomic mass is 35.5. The standard InChI is InChI=1S/C33H54Cl2O.C31H50Cl2O.C29H46Cl2O/c1-3-5-6-7-25-10-14-27(15-11-25)29-18-22-32(23-19-29)30(36)31(33(32,34)35)20-16-28(17-21-31)26-12-8-24(4-2)9-13-26;1-3-5-23-8-12-25(13-9-23)27-16-20-30(21-17-27)28(34)29(31(30,32)33)18-14-26(15-19-29)24-10-6-22(4-2)7-11-24;1-3-21-6-10-23(11-7-21)25-14-18-28(19-15-25)26(32)27(29(28,30)31)16-12-24(13-17-27)22-8-4-20(2)5-9-22/h24-29H,3-23H2,1-2H3;22-27H,3-21H2,1-2H3;20-25H,3-19H2,1-2H3/t24-,25-,26-,27-,28?,29?,31?,32?;22-,23-,24-,25-,26?,27?,29?,30?;20-,21-,22-,23-,24?,25?,27?,28?. The molecule has 15 rings (SSSR count). The lowest BCUT2D eigenvalue weighted by molar-refractivity contribution is -0.174. The van der Waals surface area contributed by atoms with Gasteiger partial charge in [0.05, 0.1) is 32.5 Å². The van der Waals surface area contributed by atoms with E-state index in [1.165, 1.54) is 289 Å². The average Bonchev–Trinajstić information content (AvgIpc) is 0.678. The van der Waals surface area contributed by atoms with Crippen molar-refractivity contribution in [2.24, 2.45) is 139 Å². The number of hydrogen-bond donors (Lipinski definition) is 0. The minimum atomic E-state index is -0.830. The van der Waals surface area contributed by atoms with Crippen LogP contribution in [0.2, 0.25) is 0 Å². The van der Waals surface area contributed by atoms with Crippen LogP contribution in [-0.4, -0.2) is 30.3 Å². The highest BCUT2D eigenvalue weighted by Gasteiger charge is 2.82. The van der Waals surface area contributed by atoms with Gasteiger partial charge in [-0.1, -0.05) is 246 Å². The summed E-state index contributed by atoms with van der Waals surface area (Å²) in [5, 5.41) is 0. The van der Waals surface area contributed by atoms with E-state index < -0.39 is 45.5 Å². The van der Waals surface area contributed by atoms with Gasteiger partial charge in [-0.25, -0.2) is 0 Å². The lowest BCUT2D eigenvalue weighted by Crippen LogP contribution is -2.74. The molecule has 582 valence electrons. The SMILES string of the molecule is CCCCC[C@H]1CC[C@H](C2CCC3(CC2)C(=O)C2(CCC([C@H]4CC[C@H](CC)CC4)CC2)C3(Cl)Cl)CC1.CCC[C@H]1CC[C@H](C2CCC3(CC2)C(=O)C2(CCC([C@H]4CC[C@H](CC)CC4)CC2)C3(Cl)Cl)CC1.CC[C@H]1CC[C@H](C2CCC3(CC2)C(=O)C2(CCC([C@H]4CC[C@H](C)CC4)CC2)C3(Cl)Cl)CC1. The summed E-state index contributed by atoms with van der Waals surface area (Å²) in [6.45, 7) is 14.1. The molecule has 0 unspecified atom stereocenters. The van der Waals surface area contributed by atoms with E-state index in [9.17, 15) is 14.4 Å². The number of rotatable bonds is 15. The zero-order valence-electron chi connectivity index (χ0n) is 66.2. The Morgan fingerprint density at radius 1 is 0.235 bits per heavy atom. The number of hydrogen-bond acceptors (Lipinski definition) is 3. The summed E-state index contributed by atoms with van der Waals surface area (Å²) in [6.07, 6.45) is 71.8. The second-order valence-electron chi connectivity index (χ2n) is 40.7. The molecule has 0 aromatic heterocycles. The van der Waals surface area contributed by atoms with Gasteiger partial charge in [-0.2, -0.15) is 0 Å². The van der Waals surface area contributed by atoms with Gasteiger partial charge in [0.25, 0.3) is 0 Å². The molecule has 0 amide bonds. The van der Waals surface area contributed by atoms with E-state index in [4.69, 9.17) is 69.6 Å². The van der Waals surface area contributed by atoms with Crippen LogP contribution in [0.25, 0.3) is 0 Å². The highest BCUT2D eigenvalue weighted by Crippen LogP contribution is 2.78. The van der Waals surface area contributed by atoms with Crippen LogP contribution in [0.5, 0.6) is 0 Å². The van der Waals surface area contributed by atoms with Gasteiger partial charge >= 0.3 is 0 Å². The molecule has 0 radical (unpaired) electrons. The maximum absolute atomic E-state index is 14.0. The van der Waals surface area contributed by atoms with Gasteiger partial charge in [-0.3, -0.25) is 14.4 Å². The number of carbonyl (C=O) groups excluding carboxylic acids is 3. The van der Waals surface area contributed by atoms with E-state index in [-0.39, 0.29) is 0 Å². The van der Waals surface area contributed by atoms with Crippen molar-refractivity contribution in [2.45, 2.75) is 421 Å². The molecule has 3 nitrogen and oxygen atoms in total. The molecule has 0 aromatic carbocycles. The molecule has 102 heavy (non-hydrogen) atoms. The first-order chi connectivity index (χ1) is 49.1. The lowest BCUT2D eigenvalue weighted by atomic mass is 9.41. The summed E-state index contributed by atoms with van der Waals surface area (Å²) in [7, 11) is 0. The molecule has 15 aliphatic rings. The summed E-state index contributed by atoms with van der Waals surface area (Å²) in [5.74, 6) is 17.3. The average molecular weight is 1530 g/mol. The summed E-state index contributed by atoms with van der Waals surface area (Å²) in [5.41, 5.74) is -2.59. The molecule has 0 aromatic rings. The Morgan fingerprint density at radius 3 is 0.608 bits per heavy atom. The zero-order chi connectivity index (χ0) is 71.9. The van der Waals surface area contributed by atoms with Crippen LogP contribution in [0.3, 0.4) is 0 Å². The van der Waals surface area contributed by atoms with Gasteiger partial charge in [0.15, 0.2) is 17.3 Å². The van der Waals surface area contributed by atoms with Crippen molar-refractivity contribution in [3.63, 3.8) is 0 Å². The van der Waals surface area contributed by atoms with Crippen molar-refractivity contribution >= 4 is 87.0 Å². The molecule has 0 atom stereocenters. The number of ketones is 3. The molecular weight excluding hydrogens is 1380 g/mol. The second-order valence-corrected chi connectivity index (χ2v) is 44.6. The Hall–Kier alpha value is 0.750. The van der Waals surface area contributed by atoms with Crippen LogP contribution in [0.15, 0.2) is 0 Å². The minimum absolute atomic E-state index is 0.430. The van der Waals surface area contributed by atoms with Gasteiger partial charge in [0, 0.05) is 0 Å². The van der Waals surface area contributed by atoms with Crippen molar-refractivity contribution in [2.75, 3.05) is 0 Å². The minimum Gasteiger partial charge on any atom is -0.298 e. The third kappa shape index (κ3) is 14.7. The predicted octanol–water partition coefficient (Wildman–Crippen LogP) is 29.8. The smallest absolute Gasteiger partial charge is 0.151 e.